The Labute approximate surface area is 105 Å². The summed E-state index contributed by atoms with van der Waals surface area (Å²) in [5.74, 6) is 2.06. The van der Waals surface area contributed by atoms with Gasteiger partial charge in [-0.05, 0) is 31.2 Å². The monoisotopic (exact) mass is 247 g/mol. The second-order valence-corrected chi connectivity index (χ2v) is 6.88. The summed E-state index contributed by atoms with van der Waals surface area (Å²) in [6.07, 6.45) is 1.17. The number of nitrogens with two attached hydrogens (primary N) is 1. The predicted molar refractivity (Wildman–Crippen MR) is 72.4 cm³/mol. The van der Waals surface area contributed by atoms with Crippen LogP contribution in [0.25, 0.3) is 10.2 Å². The molecule has 1 fully saturated rings. The van der Waals surface area contributed by atoms with Crippen LogP contribution >= 0.6 is 11.3 Å². The van der Waals surface area contributed by atoms with E-state index < -0.39 is 0 Å². The molecule has 0 radical (unpaired) electrons. The Balaban J connectivity index is 2.19. The Morgan fingerprint density at radius 3 is 2.53 bits per heavy atom. The maximum Gasteiger partial charge on any atom is 0.136 e. The Morgan fingerprint density at radius 1 is 1.29 bits per heavy atom. The van der Waals surface area contributed by atoms with Crippen LogP contribution in [0.3, 0.4) is 0 Å². The molecule has 2 N–H and O–H groups in total. The third kappa shape index (κ3) is 1.54. The zero-order valence-electron chi connectivity index (χ0n) is 10.7. The smallest absolute Gasteiger partial charge is 0.136 e. The van der Waals surface area contributed by atoms with Crippen molar-refractivity contribution in [1.29, 1.82) is 0 Å². The Morgan fingerprint density at radius 2 is 1.94 bits per heavy atom. The van der Waals surface area contributed by atoms with Crippen LogP contribution in [-0.2, 0) is 0 Å². The first-order valence-electron chi connectivity index (χ1n) is 5.93. The van der Waals surface area contributed by atoms with Crippen LogP contribution in [0.2, 0.25) is 0 Å². The second-order valence-electron chi connectivity index (χ2n) is 5.68. The number of anilines is 1. The quantitative estimate of drug-likeness (QED) is 0.840. The minimum atomic E-state index is 0.349. The summed E-state index contributed by atoms with van der Waals surface area (Å²) in [5.41, 5.74) is 7.66. The van der Waals surface area contributed by atoms with Crippen LogP contribution in [0.5, 0.6) is 0 Å². The summed E-state index contributed by atoms with van der Waals surface area (Å²) < 4.78 is 0. The Kier molecular flexibility index (Phi) is 2.06. The van der Waals surface area contributed by atoms with Crippen LogP contribution < -0.4 is 5.73 Å². The molecule has 0 aliphatic heterocycles. The number of hydrogen-bond donors (Lipinski definition) is 1. The standard InChI is InChI=1S/C13H17N3S/c1-6-7(2)17-12-9(6)10(14)15-11(16-12)8-5-13(8,3)4/h8H,5H2,1-4H3,(H2,14,15,16). The molecular weight excluding hydrogens is 230 g/mol. The number of hydrogen-bond acceptors (Lipinski definition) is 4. The zero-order valence-corrected chi connectivity index (χ0v) is 11.5. The van der Waals surface area contributed by atoms with E-state index in [0.29, 0.717) is 17.2 Å². The van der Waals surface area contributed by atoms with E-state index >= 15 is 0 Å². The van der Waals surface area contributed by atoms with E-state index in [1.807, 2.05) is 0 Å². The van der Waals surface area contributed by atoms with Gasteiger partial charge in [0.15, 0.2) is 0 Å². The van der Waals surface area contributed by atoms with Crippen molar-refractivity contribution in [3.8, 4) is 0 Å². The zero-order chi connectivity index (χ0) is 12.4. The van der Waals surface area contributed by atoms with Crippen LogP contribution in [-0.4, -0.2) is 9.97 Å². The van der Waals surface area contributed by atoms with Crippen molar-refractivity contribution in [2.24, 2.45) is 5.41 Å². The van der Waals surface area contributed by atoms with Gasteiger partial charge in [-0.15, -0.1) is 11.3 Å². The minimum Gasteiger partial charge on any atom is -0.383 e. The first kappa shape index (κ1) is 11.0. The van der Waals surface area contributed by atoms with Gasteiger partial charge in [0.2, 0.25) is 0 Å². The van der Waals surface area contributed by atoms with Crippen LogP contribution in [0.4, 0.5) is 5.82 Å². The molecule has 0 amide bonds. The SMILES string of the molecule is Cc1sc2nc(C3CC3(C)C)nc(N)c2c1C. The van der Waals surface area contributed by atoms with E-state index in [1.54, 1.807) is 11.3 Å². The molecule has 2 aromatic heterocycles. The van der Waals surface area contributed by atoms with Crippen LogP contribution in [0.1, 0.15) is 42.5 Å². The van der Waals surface area contributed by atoms with Gasteiger partial charge in [0, 0.05) is 10.8 Å². The van der Waals surface area contributed by atoms with Gasteiger partial charge in [-0.25, -0.2) is 9.97 Å². The van der Waals surface area contributed by atoms with E-state index in [0.717, 1.165) is 16.0 Å². The lowest BCUT2D eigenvalue weighted by Crippen LogP contribution is -2.01. The van der Waals surface area contributed by atoms with Gasteiger partial charge in [0.05, 0.1) is 5.39 Å². The largest absolute Gasteiger partial charge is 0.383 e. The molecule has 1 aliphatic carbocycles. The van der Waals surface area contributed by atoms with E-state index in [9.17, 15) is 0 Å². The molecule has 1 saturated carbocycles. The molecule has 1 unspecified atom stereocenters. The lowest BCUT2D eigenvalue weighted by atomic mass is 10.1. The summed E-state index contributed by atoms with van der Waals surface area (Å²) in [5, 5.41) is 1.05. The second kappa shape index (κ2) is 3.19. The highest BCUT2D eigenvalue weighted by atomic mass is 32.1. The van der Waals surface area contributed by atoms with Gasteiger partial charge in [-0.3, -0.25) is 0 Å². The fourth-order valence-electron chi connectivity index (χ4n) is 2.36. The normalized spacial score (nSPS) is 22.0. The summed E-state index contributed by atoms with van der Waals surface area (Å²) in [4.78, 5) is 11.5. The summed E-state index contributed by atoms with van der Waals surface area (Å²) in [6.45, 7) is 8.72. The average molecular weight is 247 g/mol. The Hall–Kier alpha value is -1.16. The molecule has 0 spiro atoms. The number of rotatable bonds is 1. The van der Waals surface area contributed by atoms with E-state index in [-0.39, 0.29) is 0 Å². The van der Waals surface area contributed by atoms with Gasteiger partial charge in [-0.1, -0.05) is 13.8 Å². The van der Waals surface area contributed by atoms with Crippen molar-refractivity contribution in [2.75, 3.05) is 5.73 Å². The number of thiophene rings is 1. The molecule has 1 atom stereocenters. The molecule has 4 heteroatoms. The Bertz CT molecular complexity index is 613. The number of nitrogen functional groups attached to an aromatic ring is 1. The van der Waals surface area contributed by atoms with Crippen molar-refractivity contribution in [3.05, 3.63) is 16.3 Å². The van der Waals surface area contributed by atoms with Gasteiger partial charge in [0.25, 0.3) is 0 Å². The summed E-state index contributed by atoms with van der Waals surface area (Å²) in [7, 11) is 0. The summed E-state index contributed by atoms with van der Waals surface area (Å²) >= 11 is 1.72. The molecule has 3 nitrogen and oxygen atoms in total. The van der Waals surface area contributed by atoms with Crippen molar-refractivity contribution in [3.63, 3.8) is 0 Å². The molecule has 17 heavy (non-hydrogen) atoms. The van der Waals surface area contributed by atoms with Gasteiger partial charge >= 0.3 is 0 Å². The van der Waals surface area contributed by atoms with E-state index in [4.69, 9.17) is 10.7 Å². The average Bonchev–Trinajstić information content (AvgIpc) is 2.76. The van der Waals surface area contributed by atoms with E-state index in [2.05, 4.69) is 32.7 Å². The highest BCUT2D eigenvalue weighted by Gasteiger charge is 2.48. The van der Waals surface area contributed by atoms with Crippen molar-refractivity contribution < 1.29 is 0 Å². The first-order chi connectivity index (χ1) is 7.90. The number of nitrogens with zero attached hydrogens (tertiary/aromatic N) is 2. The molecule has 0 saturated heterocycles. The molecule has 3 rings (SSSR count). The predicted octanol–water partition coefficient (Wildman–Crippen LogP) is 3.40. The van der Waals surface area contributed by atoms with E-state index in [1.165, 1.54) is 16.9 Å². The first-order valence-corrected chi connectivity index (χ1v) is 6.75. The number of fused-ring (bicyclic) bond motifs is 1. The topological polar surface area (TPSA) is 51.8 Å². The molecule has 1 aliphatic rings. The fourth-order valence-corrected chi connectivity index (χ4v) is 3.41. The maximum atomic E-state index is 6.08. The highest BCUT2D eigenvalue weighted by Crippen LogP contribution is 2.57. The van der Waals surface area contributed by atoms with Crippen molar-refractivity contribution >= 4 is 27.4 Å². The third-order valence-electron chi connectivity index (χ3n) is 3.90. The van der Waals surface area contributed by atoms with Crippen molar-refractivity contribution in [1.82, 2.24) is 9.97 Å². The fraction of sp³-hybridized carbons (Fsp3) is 0.538. The lowest BCUT2D eigenvalue weighted by molar-refractivity contribution is 0.610. The molecule has 0 bridgehead atoms. The van der Waals surface area contributed by atoms with Crippen LogP contribution in [0.15, 0.2) is 0 Å². The molecule has 0 aromatic carbocycles. The molecule has 2 aromatic rings. The summed E-state index contributed by atoms with van der Waals surface area (Å²) in [6, 6.07) is 0. The van der Waals surface area contributed by atoms with Gasteiger partial charge in [0.1, 0.15) is 16.5 Å². The van der Waals surface area contributed by atoms with Gasteiger partial charge in [-0.2, -0.15) is 0 Å². The van der Waals surface area contributed by atoms with Gasteiger partial charge < -0.3 is 5.73 Å². The third-order valence-corrected chi connectivity index (χ3v) is 5.00. The minimum absolute atomic E-state index is 0.349. The lowest BCUT2D eigenvalue weighted by Gasteiger charge is -2.04. The molecule has 90 valence electrons. The maximum absolute atomic E-state index is 6.08. The van der Waals surface area contributed by atoms with Crippen LogP contribution in [0, 0.1) is 19.3 Å². The number of aromatic nitrogens is 2. The molecular formula is C13H17N3S. The number of aryl methyl sites for hydroxylation is 2. The molecule has 2 heterocycles. The van der Waals surface area contributed by atoms with Crippen molar-refractivity contribution in [2.45, 2.75) is 40.0 Å². The highest BCUT2D eigenvalue weighted by molar-refractivity contribution is 7.18.